The zero-order valence-corrected chi connectivity index (χ0v) is 14.1. The minimum atomic E-state index is -0.0442. The third kappa shape index (κ3) is 6.29. The molecule has 0 saturated carbocycles. The van der Waals surface area contributed by atoms with Crippen molar-refractivity contribution in [2.24, 2.45) is 0 Å². The largest absolute Gasteiger partial charge is 0.395 e. The number of likely N-dealkylation sites (tertiary alicyclic amines) is 1. The van der Waals surface area contributed by atoms with Crippen LogP contribution in [0.1, 0.15) is 38.2 Å². The lowest BCUT2D eigenvalue weighted by atomic mass is 10.2. The summed E-state index contributed by atoms with van der Waals surface area (Å²) < 4.78 is 0. The second-order valence-electron chi connectivity index (χ2n) is 6.28. The van der Waals surface area contributed by atoms with E-state index in [4.69, 9.17) is 0 Å². The Hall–Kier alpha value is -1.43. The summed E-state index contributed by atoms with van der Waals surface area (Å²) in [5, 5.41) is 15.5. The van der Waals surface area contributed by atoms with E-state index in [1.165, 1.54) is 25.3 Å². The number of anilines is 1. The van der Waals surface area contributed by atoms with E-state index in [9.17, 15) is 9.90 Å². The van der Waals surface area contributed by atoms with E-state index in [0.717, 1.165) is 44.7 Å². The molecule has 23 heavy (non-hydrogen) atoms. The van der Waals surface area contributed by atoms with Crippen molar-refractivity contribution >= 4 is 11.6 Å². The Morgan fingerprint density at radius 1 is 1.30 bits per heavy atom. The number of aliphatic hydroxyl groups is 1. The lowest BCUT2D eigenvalue weighted by Gasteiger charge is -2.22. The molecule has 5 nitrogen and oxygen atoms in total. The van der Waals surface area contributed by atoms with Crippen molar-refractivity contribution < 1.29 is 9.90 Å². The quantitative estimate of drug-likeness (QED) is 0.609. The standard InChI is InChI=1S/C18H29N3O2/c1-15(23)20-17-8-6-16(7-9-17)13-19-10-2-3-11-21-12-4-5-18(21)14-22/h6-9,18-19,22H,2-5,10-14H2,1H3,(H,20,23). The molecule has 0 aromatic heterocycles. The van der Waals surface area contributed by atoms with Crippen LogP contribution < -0.4 is 10.6 Å². The van der Waals surface area contributed by atoms with Crippen molar-refractivity contribution in [3.05, 3.63) is 29.8 Å². The van der Waals surface area contributed by atoms with E-state index in [1.54, 1.807) is 0 Å². The summed E-state index contributed by atoms with van der Waals surface area (Å²) in [6, 6.07) is 8.33. The molecule has 1 saturated heterocycles. The zero-order valence-electron chi connectivity index (χ0n) is 14.1. The fraction of sp³-hybridized carbons (Fsp3) is 0.611. The third-order valence-corrected chi connectivity index (χ3v) is 4.36. The predicted molar refractivity (Wildman–Crippen MR) is 93.4 cm³/mol. The van der Waals surface area contributed by atoms with Gasteiger partial charge in [0.2, 0.25) is 5.91 Å². The van der Waals surface area contributed by atoms with Gasteiger partial charge in [-0.2, -0.15) is 0 Å². The number of nitrogens with one attached hydrogen (secondary N) is 2. The summed E-state index contributed by atoms with van der Waals surface area (Å²) in [6.45, 7) is 5.90. The van der Waals surface area contributed by atoms with Gasteiger partial charge in [0.05, 0.1) is 6.61 Å². The average molecular weight is 319 g/mol. The van der Waals surface area contributed by atoms with Gasteiger partial charge < -0.3 is 15.7 Å². The number of amides is 1. The number of carbonyl (C=O) groups excluding carboxylic acids is 1. The van der Waals surface area contributed by atoms with Gasteiger partial charge in [-0.25, -0.2) is 0 Å². The highest BCUT2D eigenvalue weighted by Crippen LogP contribution is 2.16. The molecule has 0 aliphatic carbocycles. The summed E-state index contributed by atoms with van der Waals surface area (Å²) >= 11 is 0. The monoisotopic (exact) mass is 319 g/mol. The van der Waals surface area contributed by atoms with Crippen LogP contribution in [-0.4, -0.2) is 48.2 Å². The Bertz CT molecular complexity index is 476. The van der Waals surface area contributed by atoms with Crippen molar-refractivity contribution in [1.82, 2.24) is 10.2 Å². The second kappa shape index (κ2) is 9.65. The molecular weight excluding hydrogens is 290 g/mol. The van der Waals surface area contributed by atoms with E-state index in [2.05, 4.69) is 15.5 Å². The van der Waals surface area contributed by atoms with Gasteiger partial charge in [-0.1, -0.05) is 12.1 Å². The summed E-state index contributed by atoms with van der Waals surface area (Å²) in [5.74, 6) is -0.0442. The van der Waals surface area contributed by atoms with E-state index in [0.29, 0.717) is 12.6 Å². The molecule has 2 rings (SSSR count). The Balaban J connectivity index is 1.56. The van der Waals surface area contributed by atoms with Crippen LogP contribution in [0.4, 0.5) is 5.69 Å². The average Bonchev–Trinajstić information content (AvgIpc) is 2.99. The third-order valence-electron chi connectivity index (χ3n) is 4.36. The van der Waals surface area contributed by atoms with Crippen molar-refractivity contribution in [1.29, 1.82) is 0 Å². The molecule has 1 aromatic carbocycles. The number of hydrogen-bond acceptors (Lipinski definition) is 4. The first-order valence-electron chi connectivity index (χ1n) is 8.61. The molecule has 1 unspecified atom stereocenters. The first kappa shape index (κ1) is 17.9. The molecule has 1 amide bonds. The molecule has 0 bridgehead atoms. The molecule has 5 heteroatoms. The van der Waals surface area contributed by atoms with Gasteiger partial charge in [-0.15, -0.1) is 0 Å². The van der Waals surface area contributed by atoms with Crippen LogP contribution in [0.25, 0.3) is 0 Å². The molecule has 3 N–H and O–H groups in total. The summed E-state index contributed by atoms with van der Waals surface area (Å²) in [5.41, 5.74) is 2.06. The number of hydrogen-bond donors (Lipinski definition) is 3. The number of nitrogens with zero attached hydrogens (tertiary/aromatic N) is 1. The van der Waals surface area contributed by atoms with E-state index >= 15 is 0 Å². The minimum Gasteiger partial charge on any atom is -0.395 e. The summed E-state index contributed by atoms with van der Waals surface area (Å²) in [6.07, 6.45) is 4.69. The number of rotatable bonds is 9. The SMILES string of the molecule is CC(=O)Nc1ccc(CNCCCCN2CCCC2CO)cc1. The molecule has 1 fully saturated rings. The highest BCUT2D eigenvalue weighted by atomic mass is 16.3. The molecule has 0 spiro atoms. The highest BCUT2D eigenvalue weighted by molar-refractivity contribution is 5.88. The van der Waals surface area contributed by atoms with Gasteiger partial charge in [0, 0.05) is 25.2 Å². The fourth-order valence-corrected chi connectivity index (χ4v) is 3.10. The number of aliphatic hydroxyl groups excluding tert-OH is 1. The Morgan fingerprint density at radius 3 is 2.78 bits per heavy atom. The first-order chi connectivity index (χ1) is 11.2. The summed E-state index contributed by atoms with van der Waals surface area (Å²) in [7, 11) is 0. The minimum absolute atomic E-state index is 0.0442. The molecule has 1 aromatic rings. The van der Waals surface area contributed by atoms with Gasteiger partial charge >= 0.3 is 0 Å². The fourth-order valence-electron chi connectivity index (χ4n) is 3.10. The maximum absolute atomic E-state index is 11.0. The molecule has 128 valence electrons. The topological polar surface area (TPSA) is 64.6 Å². The molecule has 1 heterocycles. The maximum atomic E-state index is 11.0. The van der Waals surface area contributed by atoms with Crippen molar-refractivity contribution in [2.75, 3.05) is 31.6 Å². The smallest absolute Gasteiger partial charge is 0.221 e. The number of carbonyl (C=O) groups is 1. The zero-order chi connectivity index (χ0) is 16.5. The maximum Gasteiger partial charge on any atom is 0.221 e. The Labute approximate surface area is 139 Å². The molecule has 1 atom stereocenters. The van der Waals surface area contributed by atoms with Gasteiger partial charge in [0.1, 0.15) is 0 Å². The predicted octanol–water partition coefficient (Wildman–Crippen LogP) is 1.97. The lowest BCUT2D eigenvalue weighted by molar-refractivity contribution is -0.114. The molecular formula is C18H29N3O2. The van der Waals surface area contributed by atoms with E-state index in [1.807, 2.05) is 24.3 Å². The van der Waals surface area contributed by atoms with E-state index in [-0.39, 0.29) is 5.91 Å². The number of benzene rings is 1. The highest BCUT2D eigenvalue weighted by Gasteiger charge is 2.22. The Morgan fingerprint density at radius 2 is 2.09 bits per heavy atom. The van der Waals surface area contributed by atoms with Crippen molar-refractivity contribution in [2.45, 2.75) is 45.2 Å². The molecule has 1 aliphatic rings. The first-order valence-corrected chi connectivity index (χ1v) is 8.61. The Kier molecular flexibility index (Phi) is 7.52. The van der Waals surface area contributed by atoms with Crippen LogP contribution in [0.15, 0.2) is 24.3 Å². The van der Waals surface area contributed by atoms with Gasteiger partial charge in [0.25, 0.3) is 0 Å². The van der Waals surface area contributed by atoms with Crippen LogP contribution in [0.2, 0.25) is 0 Å². The van der Waals surface area contributed by atoms with Gasteiger partial charge in [0.15, 0.2) is 0 Å². The number of unbranched alkanes of at least 4 members (excludes halogenated alkanes) is 1. The van der Waals surface area contributed by atoms with Crippen LogP contribution in [0, 0.1) is 0 Å². The lowest BCUT2D eigenvalue weighted by Crippen LogP contribution is -2.33. The van der Waals surface area contributed by atoms with Gasteiger partial charge in [-0.05, 0) is 63.0 Å². The van der Waals surface area contributed by atoms with Crippen LogP contribution in [0.3, 0.4) is 0 Å². The molecule has 0 radical (unpaired) electrons. The van der Waals surface area contributed by atoms with Crippen LogP contribution in [0.5, 0.6) is 0 Å². The van der Waals surface area contributed by atoms with Gasteiger partial charge in [-0.3, -0.25) is 9.69 Å². The van der Waals surface area contributed by atoms with Crippen LogP contribution >= 0.6 is 0 Å². The molecule has 1 aliphatic heterocycles. The normalized spacial score (nSPS) is 18.3. The van der Waals surface area contributed by atoms with Crippen molar-refractivity contribution in [3.8, 4) is 0 Å². The second-order valence-corrected chi connectivity index (χ2v) is 6.28. The summed E-state index contributed by atoms with van der Waals surface area (Å²) in [4.78, 5) is 13.4. The van der Waals surface area contributed by atoms with E-state index < -0.39 is 0 Å². The van der Waals surface area contributed by atoms with Crippen molar-refractivity contribution in [3.63, 3.8) is 0 Å². The van der Waals surface area contributed by atoms with Crippen LogP contribution in [-0.2, 0) is 11.3 Å².